The van der Waals surface area contributed by atoms with E-state index in [9.17, 15) is 0 Å². The minimum Gasteiger partial charge on any atom is -0.492 e. The van der Waals surface area contributed by atoms with E-state index in [4.69, 9.17) is 4.74 Å². The van der Waals surface area contributed by atoms with E-state index in [1.165, 1.54) is 19.5 Å². The molecule has 0 spiro atoms. The predicted molar refractivity (Wildman–Crippen MR) is 87.4 cm³/mol. The average Bonchev–Trinajstić information content (AvgIpc) is 2.49. The van der Waals surface area contributed by atoms with Crippen LogP contribution in [-0.2, 0) is 0 Å². The number of ether oxygens (including phenoxy) is 1. The fraction of sp³-hybridized carbons (Fsp3) is 0.625. The molecule has 1 heterocycles. The maximum atomic E-state index is 5.78. The number of benzene rings is 1. The third kappa shape index (κ3) is 4.76. The van der Waals surface area contributed by atoms with Crippen LogP contribution in [0.3, 0.4) is 0 Å². The molecule has 0 aliphatic carbocycles. The Morgan fingerprint density at radius 2 is 1.80 bits per heavy atom. The van der Waals surface area contributed by atoms with Crippen LogP contribution in [0.25, 0.3) is 0 Å². The van der Waals surface area contributed by atoms with Crippen LogP contribution >= 0.6 is 15.9 Å². The van der Waals surface area contributed by atoms with Crippen LogP contribution in [0.15, 0.2) is 28.7 Å². The predicted octanol–water partition coefficient (Wildman–Crippen LogP) is 3.24. The first-order valence-corrected chi connectivity index (χ1v) is 8.33. The summed E-state index contributed by atoms with van der Waals surface area (Å²) in [6.07, 6.45) is 1.24. The Hall–Kier alpha value is -0.580. The van der Waals surface area contributed by atoms with Gasteiger partial charge in [0, 0.05) is 43.2 Å². The molecule has 1 aliphatic rings. The van der Waals surface area contributed by atoms with Gasteiger partial charge < -0.3 is 4.74 Å². The molecule has 0 N–H and O–H groups in total. The van der Waals surface area contributed by atoms with Gasteiger partial charge >= 0.3 is 0 Å². The van der Waals surface area contributed by atoms with Crippen molar-refractivity contribution in [3.05, 3.63) is 28.7 Å². The summed E-state index contributed by atoms with van der Waals surface area (Å²) in [5.41, 5.74) is 0. The lowest BCUT2D eigenvalue weighted by molar-refractivity contribution is 0.0905. The van der Waals surface area contributed by atoms with E-state index in [1.807, 2.05) is 24.3 Å². The van der Waals surface area contributed by atoms with Crippen molar-refractivity contribution in [2.45, 2.75) is 26.3 Å². The lowest BCUT2D eigenvalue weighted by Crippen LogP contribution is -2.50. The lowest BCUT2D eigenvalue weighted by Gasteiger charge is -2.37. The van der Waals surface area contributed by atoms with Gasteiger partial charge in [-0.2, -0.15) is 0 Å². The topological polar surface area (TPSA) is 15.7 Å². The van der Waals surface area contributed by atoms with Gasteiger partial charge in [0.1, 0.15) is 12.4 Å². The Balaban J connectivity index is 1.65. The van der Waals surface area contributed by atoms with E-state index in [-0.39, 0.29) is 0 Å². The fourth-order valence-electron chi connectivity index (χ4n) is 2.51. The summed E-state index contributed by atoms with van der Waals surface area (Å²) in [4.78, 5) is 5.09. The number of rotatable bonds is 6. The van der Waals surface area contributed by atoms with Gasteiger partial charge in [-0.3, -0.25) is 9.80 Å². The molecule has 0 saturated carbocycles. The molecule has 20 heavy (non-hydrogen) atoms. The molecule has 0 bridgehead atoms. The summed E-state index contributed by atoms with van der Waals surface area (Å²) in [7, 11) is 0. The quantitative estimate of drug-likeness (QED) is 0.790. The SMILES string of the molecule is CCC(C)N1CCN(CCOc2ccc(Br)cc2)CC1. The Bertz CT molecular complexity index is 388. The first kappa shape index (κ1) is 15.8. The van der Waals surface area contributed by atoms with Crippen LogP contribution in [0.5, 0.6) is 5.75 Å². The third-order valence-electron chi connectivity index (χ3n) is 4.11. The molecular formula is C16H25BrN2O. The number of hydrogen-bond acceptors (Lipinski definition) is 3. The third-order valence-corrected chi connectivity index (χ3v) is 4.64. The highest BCUT2D eigenvalue weighted by atomic mass is 79.9. The van der Waals surface area contributed by atoms with Crippen molar-refractivity contribution in [3.8, 4) is 5.75 Å². The molecule has 1 atom stereocenters. The second-order valence-electron chi connectivity index (χ2n) is 5.44. The molecule has 1 unspecified atom stereocenters. The van der Waals surface area contributed by atoms with E-state index in [1.54, 1.807) is 0 Å². The zero-order valence-electron chi connectivity index (χ0n) is 12.5. The number of piperazine rings is 1. The first-order chi connectivity index (χ1) is 9.69. The highest BCUT2D eigenvalue weighted by Crippen LogP contribution is 2.16. The Morgan fingerprint density at radius 3 is 2.40 bits per heavy atom. The van der Waals surface area contributed by atoms with Gasteiger partial charge in [-0.05, 0) is 37.6 Å². The second kappa shape index (κ2) is 8.01. The summed E-state index contributed by atoms with van der Waals surface area (Å²) < 4.78 is 6.87. The number of nitrogens with zero attached hydrogens (tertiary/aromatic N) is 2. The van der Waals surface area contributed by atoms with Gasteiger partial charge in [-0.1, -0.05) is 22.9 Å². The smallest absolute Gasteiger partial charge is 0.119 e. The van der Waals surface area contributed by atoms with Crippen LogP contribution in [0.2, 0.25) is 0 Å². The molecule has 2 rings (SSSR count). The second-order valence-corrected chi connectivity index (χ2v) is 6.35. The van der Waals surface area contributed by atoms with Crippen molar-refractivity contribution in [1.82, 2.24) is 9.80 Å². The molecule has 1 fully saturated rings. The van der Waals surface area contributed by atoms with Crippen molar-refractivity contribution < 1.29 is 4.74 Å². The van der Waals surface area contributed by atoms with E-state index >= 15 is 0 Å². The fourth-order valence-corrected chi connectivity index (χ4v) is 2.77. The monoisotopic (exact) mass is 340 g/mol. The van der Waals surface area contributed by atoms with E-state index in [0.29, 0.717) is 0 Å². The van der Waals surface area contributed by atoms with E-state index < -0.39 is 0 Å². The molecule has 4 heteroatoms. The molecule has 1 aromatic rings. The Labute approximate surface area is 131 Å². The molecule has 1 aromatic carbocycles. The van der Waals surface area contributed by atoms with Gasteiger partial charge in [-0.15, -0.1) is 0 Å². The molecule has 3 nitrogen and oxygen atoms in total. The van der Waals surface area contributed by atoms with E-state index in [0.717, 1.165) is 42.5 Å². The van der Waals surface area contributed by atoms with Gasteiger partial charge in [0.2, 0.25) is 0 Å². The largest absolute Gasteiger partial charge is 0.492 e. The number of hydrogen-bond donors (Lipinski definition) is 0. The van der Waals surface area contributed by atoms with Crippen LogP contribution in [0, 0.1) is 0 Å². The van der Waals surface area contributed by atoms with Gasteiger partial charge in [0.15, 0.2) is 0 Å². The molecule has 0 radical (unpaired) electrons. The van der Waals surface area contributed by atoms with Gasteiger partial charge in [0.25, 0.3) is 0 Å². The standard InChI is InChI=1S/C16H25BrN2O/c1-3-14(2)19-10-8-18(9-11-19)12-13-20-16-6-4-15(17)5-7-16/h4-7,14H,3,8-13H2,1-2H3. The Morgan fingerprint density at radius 1 is 1.15 bits per heavy atom. The highest BCUT2D eigenvalue weighted by molar-refractivity contribution is 9.10. The number of halogens is 1. The summed E-state index contributed by atoms with van der Waals surface area (Å²) in [6, 6.07) is 8.76. The highest BCUT2D eigenvalue weighted by Gasteiger charge is 2.19. The minimum absolute atomic E-state index is 0.719. The summed E-state index contributed by atoms with van der Waals surface area (Å²) >= 11 is 3.43. The molecule has 0 amide bonds. The van der Waals surface area contributed by atoms with Crippen molar-refractivity contribution in [2.24, 2.45) is 0 Å². The zero-order valence-corrected chi connectivity index (χ0v) is 14.1. The van der Waals surface area contributed by atoms with Crippen molar-refractivity contribution in [3.63, 3.8) is 0 Å². The average molecular weight is 341 g/mol. The van der Waals surface area contributed by atoms with Crippen molar-refractivity contribution >= 4 is 15.9 Å². The van der Waals surface area contributed by atoms with Crippen molar-refractivity contribution in [2.75, 3.05) is 39.3 Å². The minimum atomic E-state index is 0.719. The van der Waals surface area contributed by atoms with Crippen LogP contribution in [-0.4, -0.2) is 55.2 Å². The van der Waals surface area contributed by atoms with Crippen LogP contribution < -0.4 is 4.74 Å². The zero-order chi connectivity index (χ0) is 14.4. The van der Waals surface area contributed by atoms with Crippen LogP contribution in [0.4, 0.5) is 0 Å². The maximum absolute atomic E-state index is 5.78. The molecule has 112 valence electrons. The maximum Gasteiger partial charge on any atom is 0.119 e. The molecule has 1 aliphatic heterocycles. The van der Waals surface area contributed by atoms with Gasteiger partial charge in [0.05, 0.1) is 0 Å². The summed E-state index contributed by atoms with van der Waals surface area (Å²) in [5.74, 6) is 0.950. The van der Waals surface area contributed by atoms with Crippen LogP contribution in [0.1, 0.15) is 20.3 Å². The lowest BCUT2D eigenvalue weighted by atomic mass is 10.2. The first-order valence-electron chi connectivity index (χ1n) is 7.54. The van der Waals surface area contributed by atoms with Gasteiger partial charge in [-0.25, -0.2) is 0 Å². The summed E-state index contributed by atoms with van der Waals surface area (Å²) in [6.45, 7) is 11.1. The molecule has 1 saturated heterocycles. The molecule has 0 aromatic heterocycles. The summed E-state index contributed by atoms with van der Waals surface area (Å²) in [5, 5.41) is 0. The van der Waals surface area contributed by atoms with Crippen molar-refractivity contribution in [1.29, 1.82) is 0 Å². The van der Waals surface area contributed by atoms with E-state index in [2.05, 4.69) is 39.6 Å². The Kier molecular flexibility index (Phi) is 6.33. The molecular weight excluding hydrogens is 316 g/mol. The normalized spacial score (nSPS) is 18.9.